The molecule has 30 heavy (non-hydrogen) atoms. The molecule has 0 aliphatic carbocycles. The van der Waals surface area contributed by atoms with Crippen LogP contribution in [0, 0.1) is 12.4 Å². The number of rotatable bonds is 4. The molecule has 0 spiro atoms. The number of pyridine rings is 1. The predicted molar refractivity (Wildman–Crippen MR) is 115 cm³/mol. The van der Waals surface area contributed by atoms with Gasteiger partial charge in [0.25, 0.3) is 5.69 Å². The smallest absolute Gasteiger partial charge is 0.268 e. The number of H-pyrrole nitrogens is 1. The molecule has 148 valence electrons. The number of fused-ring (bicyclic) bond motifs is 1. The summed E-state index contributed by atoms with van der Waals surface area (Å²) < 4.78 is 14.4. The first-order valence-corrected chi connectivity index (χ1v) is 9.15. The summed E-state index contributed by atoms with van der Waals surface area (Å²) in [4.78, 5) is 27.8. The zero-order chi connectivity index (χ0) is 21.3. The highest BCUT2D eigenvalue weighted by molar-refractivity contribution is 5.84. The Bertz CT molecular complexity index is 1340. The minimum absolute atomic E-state index is 0.0486. The number of nitrogens with zero attached hydrogens (tertiary/aromatic N) is 3. The van der Waals surface area contributed by atoms with Crippen LogP contribution in [0.1, 0.15) is 18.5 Å². The number of anilines is 2. The molecule has 1 atom stereocenters. The van der Waals surface area contributed by atoms with Crippen molar-refractivity contribution in [1.82, 2.24) is 15.0 Å². The summed E-state index contributed by atoms with van der Waals surface area (Å²) in [7, 11) is 0. The van der Waals surface area contributed by atoms with E-state index in [9.17, 15) is 9.18 Å². The van der Waals surface area contributed by atoms with E-state index in [0.717, 1.165) is 5.56 Å². The molecule has 0 aliphatic rings. The third-order valence-corrected chi connectivity index (χ3v) is 4.83. The molecule has 0 aliphatic heterocycles. The lowest BCUT2D eigenvalue weighted by Crippen LogP contribution is -2.21. The van der Waals surface area contributed by atoms with Crippen molar-refractivity contribution in [3.8, 4) is 11.3 Å². The highest BCUT2D eigenvalue weighted by Gasteiger charge is 2.22. The number of aromatic amines is 1. The topological polar surface area (TPSA) is 101 Å². The Morgan fingerprint density at radius 1 is 1.17 bits per heavy atom. The van der Waals surface area contributed by atoms with Gasteiger partial charge in [-0.2, -0.15) is 0 Å². The van der Waals surface area contributed by atoms with Crippen molar-refractivity contribution in [1.29, 1.82) is 0 Å². The van der Waals surface area contributed by atoms with Gasteiger partial charge in [-0.05, 0) is 24.6 Å². The summed E-state index contributed by atoms with van der Waals surface area (Å²) in [5.74, 6) is -0.233. The maximum absolute atomic E-state index is 14.4. The van der Waals surface area contributed by atoms with E-state index in [-0.39, 0.29) is 33.7 Å². The van der Waals surface area contributed by atoms with Gasteiger partial charge in [0.05, 0.1) is 23.8 Å². The van der Waals surface area contributed by atoms with E-state index in [4.69, 9.17) is 12.3 Å². The van der Waals surface area contributed by atoms with Gasteiger partial charge in [0.15, 0.2) is 5.43 Å². The first-order chi connectivity index (χ1) is 14.5. The van der Waals surface area contributed by atoms with Crippen molar-refractivity contribution >= 4 is 28.2 Å². The summed E-state index contributed by atoms with van der Waals surface area (Å²) in [6.45, 7) is 9.11. The molecule has 0 saturated carbocycles. The normalized spacial score (nSPS) is 11.8. The summed E-state index contributed by atoms with van der Waals surface area (Å²) in [5, 5.41) is 3.33. The summed E-state index contributed by atoms with van der Waals surface area (Å²) in [6.07, 6.45) is 1.25. The molecule has 0 saturated heterocycles. The Balaban J connectivity index is 1.94. The van der Waals surface area contributed by atoms with Crippen molar-refractivity contribution in [2.45, 2.75) is 13.0 Å². The molecule has 0 radical (unpaired) electrons. The molecule has 4 N–H and O–H groups in total. The van der Waals surface area contributed by atoms with Gasteiger partial charge in [-0.3, -0.25) is 4.79 Å². The second-order valence-electron chi connectivity index (χ2n) is 6.71. The Morgan fingerprint density at radius 3 is 2.67 bits per heavy atom. The number of para-hydroxylation sites is 1. The van der Waals surface area contributed by atoms with Crippen molar-refractivity contribution < 1.29 is 4.39 Å². The van der Waals surface area contributed by atoms with E-state index in [1.165, 1.54) is 18.5 Å². The number of aromatic nitrogens is 3. The summed E-state index contributed by atoms with van der Waals surface area (Å²) in [6, 6.07) is 13.0. The lowest BCUT2D eigenvalue weighted by atomic mass is 9.97. The Morgan fingerprint density at radius 2 is 1.93 bits per heavy atom. The molecule has 0 bridgehead atoms. The van der Waals surface area contributed by atoms with Crippen LogP contribution >= 0.6 is 0 Å². The molecule has 4 rings (SSSR count). The van der Waals surface area contributed by atoms with Crippen LogP contribution < -0.4 is 16.5 Å². The lowest BCUT2D eigenvalue weighted by molar-refractivity contribution is 0.636. The first kappa shape index (κ1) is 19.1. The largest absolute Gasteiger partial charge is 0.392 e. The predicted octanol–water partition coefficient (Wildman–Crippen LogP) is 4.43. The van der Waals surface area contributed by atoms with E-state index in [1.54, 1.807) is 13.0 Å². The Hall–Kier alpha value is -4.25. The second-order valence-corrected chi connectivity index (χ2v) is 6.71. The molecule has 2 aromatic heterocycles. The van der Waals surface area contributed by atoms with Crippen LogP contribution in [0.25, 0.3) is 27.0 Å². The van der Waals surface area contributed by atoms with Crippen LogP contribution in [0.5, 0.6) is 0 Å². The highest BCUT2D eigenvalue weighted by Crippen LogP contribution is 2.33. The third kappa shape index (κ3) is 3.22. The molecule has 2 heterocycles. The Labute approximate surface area is 171 Å². The van der Waals surface area contributed by atoms with Crippen LogP contribution in [-0.4, -0.2) is 15.0 Å². The van der Waals surface area contributed by atoms with Gasteiger partial charge in [-0.25, -0.2) is 19.2 Å². The van der Waals surface area contributed by atoms with Crippen molar-refractivity contribution in [2.24, 2.45) is 0 Å². The number of hydrogen-bond acceptors (Lipinski definition) is 5. The number of nitrogens with two attached hydrogens (primary N) is 1. The Kier molecular flexibility index (Phi) is 4.86. The van der Waals surface area contributed by atoms with E-state index in [1.807, 2.05) is 30.3 Å². The molecular weight excluding hydrogens is 383 g/mol. The summed E-state index contributed by atoms with van der Waals surface area (Å²) >= 11 is 0. The zero-order valence-corrected chi connectivity index (χ0v) is 16.0. The first-order valence-electron chi connectivity index (χ1n) is 9.15. The monoisotopic (exact) mass is 400 g/mol. The van der Waals surface area contributed by atoms with Crippen LogP contribution in [-0.2, 0) is 0 Å². The van der Waals surface area contributed by atoms with Crippen LogP contribution in [0.4, 0.5) is 21.7 Å². The van der Waals surface area contributed by atoms with E-state index in [0.29, 0.717) is 11.3 Å². The van der Waals surface area contributed by atoms with Gasteiger partial charge in [0.2, 0.25) is 0 Å². The van der Waals surface area contributed by atoms with Gasteiger partial charge < -0.3 is 16.0 Å². The minimum Gasteiger partial charge on any atom is -0.392 e. The van der Waals surface area contributed by atoms with Gasteiger partial charge in [-0.1, -0.05) is 36.4 Å². The molecular formula is C22H17FN6O. The van der Waals surface area contributed by atoms with Crippen LogP contribution in [0.2, 0.25) is 0 Å². The fourth-order valence-electron chi connectivity index (χ4n) is 3.42. The average molecular weight is 400 g/mol. The number of halogens is 1. The molecule has 0 fully saturated rings. The molecule has 1 unspecified atom stereocenters. The molecule has 4 aromatic rings. The number of nitrogens with one attached hydrogen (secondary N) is 2. The number of hydrogen-bond donors (Lipinski definition) is 3. The second kappa shape index (κ2) is 7.64. The molecule has 0 amide bonds. The zero-order valence-electron chi connectivity index (χ0n) is 16.0. The SMILES string of the molecule is [C-]#[N+]c1c(N)ncnc1NC(C)c1c(-c2ccccc2)[nH]c2c(F)cccc2c1=O. The summed E-state index contributed by atoms with van der Waals surface area (Å²) in [5.41, 5.74) is 7.30. The lowest BCUT2D eigenvalue weighted by Gasteiger charge is -2.20. The maximum Gasteiger partial charge on any atom is 0.268 e. The number of nitrogen functional groups attached to an aromatic ring is 1. The van der Waals surface area contributed by atoms with E-state index >= 15 is 0 Å². The van der Waals surface area contributed by atoms with Crippen LogP contribution in [0.15, 0.2) is 59.7 Å². The van der Waals surface area contributed by atoms with Gasteiger partial charge >= 0.3 is 0 Å². The number of benzene rings is 2. The van der Waals surface area contributed by atoms with Gasteiger partial charge in [-0.15, -0.1) is 0 Å². The fraction of sp³-hybridized carbons (Fsp3) is 0.0909. The van der Waals surface area contributed by atoms with Crippen molar-refractivity contribution in [3.05, 3.63) is 87.9 Å². The average Bonchev–Trinajstić information content (AvgIpc) is 2.75. The quantitative estimate of drug-likeness (QED) is 0.440. The molecule has 7 nitrogen and oxygen atoms in total. The third-order valence-electron chi connectivity index (χ3n) is 4.83. The van der Waals surface area contributed by atoms with E-state index in [2.05, 4.69) is 25.1 Å². The maximum atomic E-state index is 14.4. The molecule has 2 aromatic carbocycles. The minimum atomic E-state index is -0.563. The van der Waals surface area contributed by atoms with Crippen molar-refractivity contribution in [2.75, 3.05) is 11.1 Å². The fourth-order valence-corrected chi connectivity index (χ4v) is 3.42. The van der Waals surface area contributed by atoms with Gasteiger partial charge in [0, 0.05) is 10.9 Å². The van der Waals surface area contributed by atoms with E-state index < -0.39 is 11.9 Å². The van der Waals surface area contributed by atoms with Crippen molar-refractivity contribution in [3.63, 3.8) is 0 Å². The molecule has 8 heteroatoms. The van der Waals surface area contributed by atoms with Crippen LogP contribution in [0.3, 0.4) is 0 Å². The highest BCUT2D eigenvalue weighted by atomic mass is 19.1. The standard InChI is InChI=1S/C22H17FN6O/c1-12(28-22-19(25-2)21(24)26-11-27-22)16-17(13-7-4-3-5-8-13)29-18-14(20(16)30)9-6-10-15(18)23/h3-12H,1H3,(H,29,30)(H3,24,26,27,28). The van der Waals surface area contributed by atoms with Gasteiger partial charge in [0.1, 0.15) is 23.8 Å².